The molecule has 0 radical (unpaired) electrons. The van der Waals surface area contributed by atoms with Gasteiger partial charge in [0.05, 0.1) is 11.1 Å². The Hall–Kier alpha value is -3.02. The monoisotopic (exact) mass is 313 g/mol. The van der Waals surface area contributed by atoms with Gasteiger partial charge in [0, 0.05) is 18.1 Å². The van der Waals surface area contributed by atoms with Crippen LogP contribution in [0.25, 0.3) is 10.9 Å². The van der Waals surface area contributed by atoms with Crippen molar-refractivity contribution in [3.05, 3.63) is 71.4 Å². The predicted molar refractivity (Wildman–Crippen MR) is 83.9 cm³/mol. The van der Waals surface area contributed by atoms with Crippen LogP contribution in [-0.4, -0.2) is 10.9 Å². The summed E-state index contributed by atoms with van der Waals surface area (Å²) >= 11 is 0. The maximum absolute atomic E-state index is 14.1. The van der Waals surface area contributed by atoms with Crippen molar-refractivity contribution in [2.45, 2.75) is 6.54 Å². The standard InChI is InChI=1S/C17H13F2N3O/c18-13-6-5-12(17(20)23)15(19)16(13)22-9-10-7-11-3-1-2-4-14(11)21-8-10/h1-8,22H,9H2,(H2,20,23). The maximum atomic E-state index is 14.1. The Morgan fingerprint density at radius 3 is 2.74 bits per heavy atom. The smallest absolute Gasteiger partial charge is 0.251 e. The fourth-order valence-corrected chi connectivity index (χ4v) is 2.31. The topological polar surface area (TPSA) is 68.0 Å². The van der Waals surface area contributed by atoms with Crippen molar-refractivity contribution >= 4 is 22.5 Å². The van der Waals surface area contributed by atoms with Crippen LogP contribution in [-0.2, 0) is 6.54 Å². The number of nitrogens with two attached hydrogens (primary N) is 1. The molecule has 4 nitrogen and oxygen atoms in total. The number of fused-ring (bicyclic) bond motifs is 1. The van der Waals surface area contributed by atoms with Gasteiger partial charge >= 0.3 is 0 Å². The molecule has 0 atom stereocenters. The first-order chi connectivity index (χ1) is 11.1. The second-order valence-electron chi connectivity index (χ2n) is 5.04. The Balaban J connectivity index is 1.87. The molecule has 0 saturated carbocycles. The van der Waals surface area contributed by atoms with Crippen molar-refractivity contribution in [3.8, 4) is 0 Å². The van der Waals surface area contributed by atoms with E-state index in [-0.39, 0.29) is 17.8 Å². The first-order valence-corrected chi connectivity index (χ1v) is 6.91. The third kappa shape index (κ3) is 2.96. The fraction of sp³-hybridized carbons (Fsp3) is 0.0588. The van der Waals surface area contributed by atoms with Crippen LogP contribution in [0.1, 0.15) is 15.9 Å². The summed E-state index contributed by atoms with van der Waals surface area (Å²) in [4.78, 5) is 15.4. The van der Waals surface area contributed by atoms with Crippen molar-refractivity contribution in [1.82, 2.24) is 4.98 Å². The van der Waals surface area contributed by atoms with E-state index in [1.165, 1.54) is 0 Å². The second kappa shape index (κ2) is 6.00. The molecule has 0 aliphatic rings. The minimum absolute atomic E-state index is 0.161. The van der Waals surface area contributed by atoms with Crippen molar-refractivity contribution < 1.29 is 13.6 Å². The average molecular weight is 313 g/mol. The number of pyridine rings is 1. The molecule has 1 aromatic heterocycles. The zero-order valence-corrected chi connectivity index (χ0v) is 12.0. The van der Waals surface area contributed by atoms with Gasteiger partial charge < -0.3 is 11.1 Å². The highest BCUT2D eigenvalue weighted by molar-refractivity contribution is 5.94. The van der Waals surface area contributed by atoms with Gasteiger partial charge in [0.15, 0.2) is 5.82 Å². The summed E-state index contributed by atoms with van der Waals surface area (Å²) in [7, 11) is 0. The van der Waals surface area contributed by atoms with Gasteiger partial charge in [-0.25, -0.2) is 8.78 Å². The van der Waals surface area contributed by atoms with Crippen molar-refractivity contribution in [2.24, 2.45) is 5.73 Å². The fourth-order valence-electron chi connectivity index (χ4n) is 2.31. The molecule has 0 unspecified atom stereocenters. The Labute approximate surface area is 131 Å². The lowest BCUT2D eigenvalue weighted by Crippen LogP contribution is -2.15. The molecule has 0 spiro atoms. The SMILES string of the molecule is NC(=O)c1ccc(F)c(NCc2cnc3ccccc3c2)c1F. The largest absolute Gasteiger partial charge is 0.376 e. The van der Waals surface area contributed by atoms with Crippen molar-refractivity contribution in [1.29, 1.82) is 0 Å². The molecule has 1 heterocycles. The summed E-state index contributed by atoms with van der Waals surface area (Å²) in [5.41, 5.74) is 5.92. The Kier molecular flexibility index (Phi) is 3.89. The summed E-state index contributed by atoms with van der Waals surface area (Å²) in [6.07, 6.45) is 1.63. The van der Waals surface area contributed by atoms with Crippen LogP contribution in [0, 0.1) is 11.6 Å². The lowest BCUT2D eigenvalue weighted by molar-refractivity contribution is 0.0996. The molecule has 0 saturated heterocycles. The molecule has 2 aromatic carbocycles. The summed E-state index contributed by atoms with van der Waals surface area (Å²) in [5.74, 6) is -2.73. The lowest BCUT2D eigenvalue weighted by atomic mass is 10.1. The van der Waals surface area contributed by atoms with Gasteiger partial charge in [-0.15, -0.1) is 0 Å². The van der Waals surface area contributed by atoms with E-state index in [1.807, 2.05) is 30.3 Å². The number of aromatic nitrogens is 1. The number of para-hydroxylation sites is 1. The van der Waals surface area contributed by atoms with Crippen LogP contribution in [0.2, 0.25) is 0 Å². The van der Waals surface area contributed by atoms with Gasteiger partial charge in [0.25, 0.3) is 5.91 Å². The van der Waals surface area contributed by atoms with E-state index in [0.29, 0.717) is 0 Å². The number of carbonyl (C=O) groups is 1. The molecular formula is C17H13F2N3O. The molecule has 23 heavy (non-hydrogen) atoms. The number of amides is 1. The van der Waals surface area contributed by atoms with E-state index in [4.69, 9.17) is 5.73 Å². The normalized spacial score (nSPS) is 10.7. The minimum atomic E-state index is -0.994. The lowest BCUT2D eigenvalue weighted by Gasteiger charge is -2.11. The van der Waals surface area contributed by atoms with Gasteiger partial charge in [-0.3, -0.25) is 9.78 Å². The van der Waals surface area contributed by atoms with Gasteiger partial charge in [-0.05, 0) is 29.8 Å². The van der Waals surface area contributed by atoms with Crippen LogP contribution >= 0.6 is 0 Å². The van der Waals surface area contributed by atoms with Crippen LogP contribution in [0.4, 0.5) is 14.5 Å². The molecule has 0 aliphatic heterocycles. The Morgan fingerprint density at radius 2 is 1.96 bits per heavy atom. The van der Waals surface area contributed by atoms with E-state index >= 15 is 0 Å². The summed E-state index contributed by atoms with van der Waals surface area (Å²) in [5, 5.41) is 3.59. The highest BCUT2D eigenvalue weighted by Gasteiger charge is 2.16. The maximum Gasteiger partial charge on any atom is 0.251 e. The number of nitrogens with one attached hydrogen (secondary N) is 1. The molecule has 116 valence electrons. The number of halogens is 2. The number of primary amides is 1. The van der Waals surface area contributed by atoms with Crippen molar-refractivity contribution in [2.75, 3.05) is 5.32 Å². The molecule has 6 heteroatoms. The Morgan fingerprint density at radius 1 is 1.17 bits per heavy atom. The Bertz CT molecular complexity index is 896. The van der Waals surface area contributed by atoms with E-state index in [9.17, 15) is 13.6 Å². The van der Waals surface area contributed by atoms with Crippen LogP contribution in [0.15, 0.2) is 48.7 Å². The van der Waals surface area contributed by atoms with Gasteiger partial charge in [0.2, 0.25) is 0 Å². The van der Waals surface area contributed by atoms with Gasteiger partial charge in [-0.2, -0.15) is 0 Å². The van der Waals surface area contributed by atoms with Crippen LogP contribution in [0.3, 0.4) is 0 Å². The molecule has 3 aromatic rings. The van der Waals surface area contributed by atoms with E-state index in [2.05, 4.69) is 10.3 Å². The number of anilines is 1. The molecule has 0 fully saturated rings. The van der Waals surface area contributed by atoms with Gasteiger partial charge in [0.1, 0.15) is 11.5 Å². The number of rotatable bonds is 4. The summed E-state index contributed by atoms with van der Waals surface area (Å²) in [6, 6.07) is 11.5. The minimum Gasteiger partial charge on any atom is -0.376 e. The zero-order valence-electron chi connectivity index (χ0n) is 12.0. The number of hydrogen-bond acceptors (Lipinski definition) is 3. The summed E-state index contributed by atoms with van der Waals surface area (Å²) < 4.78 is 27.9. The molecule has 1 amide bonds. The first kappa shape index (κ1) is 14.9. The quantitative estimate of drug-likeness (QED) is 0.777. The predicted octanol–water partition coefficient (Wildman–Crippen LogP) is 3.22. The van der Waals surface area contributed by atoms with Crippen LogP contribution in [0.5, 0.6) is 0 Å². The number of hydrogen-bond donors (Lipinski definition) is 2. The molecular weight excluding hydrogens is 300 g/mol. The molecule has 3 N–H and O–H groups in total. The zero-order chi connectivity index (χ0) is 16.4. The van der Waals surface area contributed by atoms with E-state index in [0.717, 1.165) is 28.6 Å². The highest BCUT2D eigenvalue weighted by Crippen LogP contribution is 2.23. The molecule has 3 rings (SSSR count). The third-order valence-corrected chi connectivity index (χ3v) is 3.47. The first-order valence-electron chi connectivity index (χ1n) is 6.91. The van der Waals surface area contributed by atoms with E-state index in [1.54, 1.807) is 6.20 Å². The number of carbonyl (C=O) groups excluding carboxylic acids is 1. The second-order valence-corrected chi connectivity index (χ2v) is 5.04. The third-order valence-electron chi connectivity index (χ3n) is 3.47. The van der Waals surface area contributed by atoms with Crippen molar-refractivity contribution in [3.63, 3.8) is 0 Å². The van der Waals surface area contributed by atoms with Crippen LogP contribution < -0.4 is 11.1 Å². The van der Waals surface area contributed by atoms with Gasteiger partial charge in [-0.1, -0.05) is 18.2 Å². The molecule has 0 bridgehead atoms. The number of benzene rings is 2. The number of nitrogens with zero attached hydrogens (tertiary/aromatic N) is 1. The van der Waals surface area contributed by atoms with E-state index < -0.39 is 17.5 Å². The highest BCUT2D eigenvalue weighted by atomic mass is 19.1. The average Bonchev–Trinajstić information content (AvgIpc) is 2.54. The summed E-state index contributed by atoms with van der Waals surface area (Å²) in [6.45, 7) is 0.161. The molecule has 0 aliphatic carbocycles.